The molecule has 1 amide bonds. The van der Waals surface area contributed by atoms with Gasteiger partial charge in [-0.25, -0.2) is 0 Å². The highest BCUT2D eigenvalue weighted by atomic mass is 16.5. The van der Waals surface area contributed by atoms with Crippen molar-refractivity contribution in [1.82, 2.24) is 0 Å². The van der Waals surface area contributed by atoms with Crippen molar-refractivity contribution in [3.63, 3.8) is 0 Å². The topological polar surface area (TPSA) is 79.2 Å². The fourth-order valence-electron chi connectivity index (χ4n) is 1.39. The molecule has 0 aliphatic rings. The van der Waals surface area contributed by atoms with E-state index in [4.69, 9.17) is 10.00 Å². The number of esters is 1. The fraction of sp³-hybridized carbons (Fsp3) is 0.357. The van der Waals surface area contributed by atoms with Crippen LogP contribution in [0.5, 0.6) is 0 Å². The first kappa shape index (κ1) is 14.7. The quantitative estimate of drug-likeness (QED) is 0.823. The Kier molecular flexibility index (Phi) is 5.55. The summed E-state index contributed by atoms with van der Waals surface area (Å²) in [5, 5.41) is 11.3. The van der Waals surface area contributed by atoms with Gasteiger partial charge in [-0.3, -0.25) is 9.59 Å². The Labute approximate surface area is 112 Å². The van der Waals surface area contributed by atoms with Crippen molar-refractivity contribution in [2.75, 3.05) is 5.32 Å². The zero-order valence-corrected chi connectivity index (χ0v) is 11.0. The van der Waals surface area contributed by atoms with Crippen molar-refractivity contribution in [3.8, 4) is 6.07 Å². The molecular formula is C14H16N2O3. The molecule has 100 valence electrons. The Morgan fingerprint density at radius 2 is 2.00 bits per heavy atom. The summed E-state index contributed by atoms with van der Waals surface area (Å²) in [5.74, 6) is -0.779. The largest absolute Gasteiger partial charge is 0.453 e. The Balaban J connectivity index is 2.53. The molecule has 0 saturated carbocycles. The summed E-state index contributed by atoms with van der Waals surface area (Å²) in [6, 6.07) is 8.43. The van der Waals surface area contributed by atoms with Crippen LogP contribution in [0.1, 0.15) is 32.3 Å². The molecule has 1 aromatic carbocycles. The van der Waals surface area contributed by atoms with Crippen LogP contribution in [0.2, 0.25) is 0 Å². The number of carbonyl (C=O) groups is 2. The summed E-state index contributed by atoms with van der Waals surface area (Å²) < 4.78 is 4.97. The zero-order chi connectivity index (χ0) is 14.3. The second-order valence-electron chi connectivity index (χ2n) is 4.06. The number of rotatable bonds is 5. The van der Waals surface area contributed by atoms with Gasteiger partial charge in [-0.05, 0) is 37.6 Å². The second-order valence-corrected chi connectivity index (χ2v) is 4.06. The van der Waals surface area contributed by atoms with Crippen molar-refractivity contribution >= 4 is 17.6 Å². The highest BCUT2D eigenvalue weighted by Gasteiger charge is 2.17. The van der Waals surface area contributed by atoms with Gasteiger partial charge in [-0.15, -0.1) is 0 Å². The van der Waals surface area contributed by atoms with Gasteiger partial charge in [-0.2, -0.15) is 5.26 Å². The predicted octanol–water partition coefficient (Wildman–Crippen LogP) is 2.23. The molecular weight excluding hydrogens is 244 g/mol. The van der Waals surface area contributed by atoms with Crippen molar-refractivity contribution in [2.24, 2.45) is 0 Å². The van der Waals surface area contributed by atoms with Gasteiger partial charge in [0.2, 0.25) is 0 Å². The summed E-state index contributed by atoms with van der Waals surface area (Å²) in [5.41, 5.74) is 1.07. The number of benzene rings is 1. The average Bonchev–Trinajstić information content (AvgIpc) is 2.39. The van der Waals surface area contributed by atoms with Crippen LogP contribution >= 0.6 is 0 Å². The van der Waals surface area contributed by atoms with E-state index in [0.717, 1.165) is 0 Å². The van der Waals surface area contributed by atoms with Crippen LogP contribution in [-0.4, -0.2) is 18.0 Å². The van der Waals surface area contributed by atoms with E-state index in [0.29, 0.717) is 24.1 Å². The van der Waals surface area contributed by atoms with Crippen LogP contribution in [0.25, 0.3) is 0 Å². The lowest BCUT2D eigenvalue weighted by molar-refractivity contribution is -0.153. The molecule has 0 bridgehead atoms. The molecule has 0 aliphatic heterocycles. The minimum absolute atomic E-state index is 0.300. The molecule has 19 heavy (non-hydrogen) atoms. The summed E-state index contributed by atoms with van der Waals surface area (Å²) in [7, 11) is 0. The van der Waals surface area contributed by atoms with Crippen LogP contribution in [0.3, 0.4) is 0 Å². The van der Waals surface area contributed by atoms with Gasteiger partial charge in [0.1, 0.15) is 0 Å². The Hall–Kier alpha value is -2.35. The molecule has 0 saturated heterocycles. The molecule has 5 heteroatoms. The van der Waals surface area contributed by atoms with Gasteiger partial charge in [0.15, 0.2) is 6.10 Å². The first-order valence-electron chi connectivity index (χ1n) is 6.07. The lowest BCUT2D eigenvalue weighted by Crippen LogP contribution is -2.29. The molecule has 1 rings (SSSR count). The van der Waals surface area contributed by atoms with Crippen LogP contribution in [0, 0.1) is 11.3 Å². The summed E-state index contributed by atoms with van der Waals surface area (Å²) in [6.45, 7) is 3.38. The number of nitrogens with zero attached hydrogens (tertiary/aromatic N) is 1. The molecule has 0 spiro atoms. The number of nitrogens with one attached hydrogen (secondary N) is 1. The maximum Gasteiger partial charge on any atom is 0.306 e. The van der Waals surface area contributed by atoms with E-state index in [9.17, 15) is 9.59 Å². The van der Waals surface area contributed by atoms with Gasteiger partial charge >= 0.3 is 5.97 Å². The monoisotopic (exact) mass is 260 g/mol. The van der Waals surface area contributed by atoms with Crippen LogP contribution in [0.4, 0.5) is 5.69 Å². The first-order valence-corrected chi connectivity index (χ1v) is 6.07. The highest BCUT2D eigenvalue weighted by Crippen LogP contribution is 2.10. The van der Waals surface area contributed by atoms with Crippen LogP contribution in [-0.2, 0) is 14.3 Å². The molecule has 0 heterocycles. The van der Waals surface area contributed by atoms with Crippen LogP contribution < -0.4 is 5.32 Å². The molecule has 0 fully saturated rings. The number of carbonyl (C=O) groups excluding carboxylic acids is 2. The third-order valence-electron chi connectivity index (χ3n) is 2.41. The van der Waals surface area contributed by atoms with E-state index in [1.54, 1.807) is 24.3 Å². The van der Waals surface area contributed by atoms with Gasteiger partial charge in [-0.1, -0.05) is 6.92 Å². The fourth-order valence-corrected chi connectivity index (χ4v) is 1.39. The maximum absolute atomic E-state index is 11.8. The minimum Gasteiger partial charge on any atom is -0.453 e. The van der Waals surface area contributed by atoms with E-state index in [2.05, 4.69) is 5.32 Å². The predicted molar refractivity (Wildman–Crippen MR) is 70.2 cm³/mol. The molecule has 0 unspecified atom stereocenters. The second kappa shape index (κ2) is 7.17. The number of amides is 1. The van der Waals surface area contributed by atoms with Crippen molar-refractivity contribution in [3.05, 3.63) is 29.8 Å². The van der Waals surface area contributed by atoms with E-state index in [1.807, 2.05) is 13.0 Å². The lowest BCUT2D eigenvalue weighted by Gasteiger charge is -2.13. The van der Waals surface area contributed by atoms with Crippen LogP contribution in [0.15, 0.2) is 24.3 Å². The molecule has 0 aromatic heterocycles. The highest BCUT2D eigenvalue weighted by molar-refractivity contribution is 5.95. The molecule has 0 radical (unpaired) electrons. The third-order valence-corrected chi connectivity index (χ3v) is 2.41. The van der Waals surface area contributed by atoms with Crippen molar-refractivity contribution in [1.29, 1.82) is 5.26 Å². The SMILES string of the molecule is CCCC(=O)O[C@@H](C)C(=O)Nc1ccc(C#N)cc1. The van der Waals surface area contributed by atoms with Gasteiger partial charge in [0.25, 0.3) is 5.91 Å². The molecule has 1 atom stereocenters. The van der Waals surface area contributed by atoms with Crippen molar-refractivity contribution < 1.29 is 14.3 Å². The Morgan fingerprint density at radius 3 is 2.53 bits per heavy atom. The molecule has 1 N–H and O–H groups in total. The number of anilines is 1. The lowest BCUT2D eigenvalue weighted by atomic mass is 10.2. The molecule has 5 nitrogen and oxygen atoms in total. The van der Waals surface area contributed by atoms with Crippen molar-refractivity contribution in [2.45, 2.75) is 32.8 Å². The number of ether oxygens (including phenoxy) is 1. The standard InChI is InChI=1S/C14H16N2O3/c1-3-4-13(17)19-10(2)14(18)16-12-7-5-11(9-15)6-8-12/h5-8,10H,3-4H2,1-2H3,(H,16,18)/t10-/m0/s1. The smallest absolute Gasteiger partial charge is 0.306 e. The first-order chi connectivity index (χ1) is 9.06. The van der Waals surface area contributed by atoms with E-state index in [1.165, 1.54) is 6.92 Å². The van der Waals surface area contributed by atoms with Gasteiger partial charge < -0.3 is 10.1 Å². The van der Waals surface area contributed by atoms with Gasteiger partial charge in [0.05, 0.1) is 11.6 Å². The molecule has 1 aromatic rings. The number of hydrogen-bond acceptors (Lipinski definition) is 4. The summed E-state index contributed by atoms with van der Waals surface area (Å²) in [6.07, 6.45) is 0.145. The average molecular weight is 260 g/mol. The minimum atomic E-state index is -0.838. The van der Waals surface area contributed by atoms with E-state index < -0.39 is 12.0 Å². The number of hydrogen-bond donors (Lipinski definition) is 1. The molecule has 0 aliphatic carbocycles. The summed E-state index contributed by atoms with van der Waals surface area (Å²) >= 11 is 0. The zero-order valence-electron chi connectivity index (χ0n) is 11.0. The Morgan fingerprint density at radius 1 is 1.37 bits per heavy atom. The third kappa shape index (κ3) is 4.80. The maximum atomic E-state index is 11.8. The van der Waals surface area contributed by atoms with E-state index >= 15 is 0 Å². The summed E-state index contributed by atoms with van der Waals surface area (Å²) in [4.78, 5) is 23.0. The van der Waals surface area contributed by atoms with Gasteiger partial charge in [0, 0.05) is 12.1 Å². The Bertz CT molecular complexity index is 488. The number of nitriles is 1. The normalized spacial score (nSPS) is 11.2. The van der Waals surface area contributed by atoms with E-state index in [-0.39, 0.29) is 5.97 Å².